The Morgan fingerprint density at radius 3 is 2.32 bits per heavy atom. The predicted octanol–water partition coefficient (Wildman–Crippen LogP) is 3.43. The Kier molecular flexibility index (Phi) is 4.48. The molecule has 1 aromatic rings. The van der Waals surface area contributed by atoms with Crippen LogP contribution in [0.25, 0.3) is 0 Å². The fourth-order valence-corrected chi connectivity index (χ4v) is 2.60. The van der Waals surface area contributed by atoms with Crippen LogP contribution in [0.4, 0.5) is 0 Å². The van der Waals surface area contributed by atoms with Gasteiger partial charge in [-0.2, -0.15) is 0 Å². The lowest BCUT2D eigenvalue weighted by Crippen LogP contribution is -2.39. The molecule has 0 saturated carbocycles. The lowest BCUT2D eigenvalue weighted by atomic mass is 9.93. The van der Waals surface area contributed by atoms with Gasteiger partial charge in [-0.3, -0.25) is 9.59 Å². The summed E-state index contributed by atoms with van der Waals surface area (Å²) in [5, 5.41) is 0.819. The van der Waals surface area contributed by atoms with Crippen LogP contribution in [-0.4, -0.2) is 29.7 Å². The Morgan fingerprint density at radius 2 is 1.79 bits per heavy atom. The van der Waals surface area contributed by atoms with Crippen molar-refractivity contribution >= 4 is 34.9 Å². The monoisotopic (exact) mass is 299 g/mol. The van der Waals surface area contributed by atoms with Crippen molar-refractivity contribution in [3.8, 4) is 0 Å². The molecule has 1 saturated heterocycles. The molecule has 1 amide bonds. The molecule has 0 atom stereocenters. The lowest BCUT2D eigenvalue weighted by molar-refractivity contribution is -0.121. The number of hydrogen-bond acceptors (Lipinski definition) is 2. The quantitative estimate of drug-likeness (QED) is 0.839. The molecule has 1 aliphatic rings. The zero-order chi connectivity index (χ0) is 14.0. The first-order valence-electron chi connectivity index (χ1n) is 6.24. The van der Waals surface area contributed by atoms with E-state index >= 15 is 0 Å². The molecule has 0 aliphatic carbocycles. The molecule has 0 unspecified atom stereocenters. The van der Waals surface area contributed by atoms with E-state index in [1.54, 1.807) is 30.0 Å². The molecule has 19 heavy (non-hydrogen) atoms. The lowest BCUT2D eigenvalue weighted by Gasteiger charge is -2.31. The smallest absolute Gasteiger partial charge is 0.253 e. The summed E-state index contributed by atoms with van der Waals surface area (Å²) >= 11 is 11.7. The van der Waals surface area contributed by atoms with Crippen molar-refractivity contribution in [3.63, 3.8) is 0 Å². The number of halogens is 2. The van der Waals surface area contributed by atoms with E-state index in [4.69, 9.17) is 23.2 Å². The van der Waals surface area contributed by atoms with Gasteiger partial charge in [0.1, 0.15) is 5.78 Å². The van der Waals surface area contributed by atoms with Crippen LogP contribution in [0.2, 0.25) is 10.0 Å². The van der Waals surface area contributed by atoms with E-state index in [1.807, 2.05) is 0 Å². The summed E-state index contributed by atoms with van der Waals surface area (Å²) < 4.78 is 0. The number of piperidine rings is 1. The highest BCUT2D eigenvalue weighted by molar-refractivity contribution is 6.42. The van der Waals surface area contributed by atoms with Gasteiger partial charge in [-0.1, -0.05) is 23.2 Å². The summed E-state index contributed by atoms with van der Waals surface area (Å²) in [5.41, 5.74) is 0.538. The number of likely N-dealkylation sites (tertiary alicyclic amines) is 1. The van der Waals surface area contributed by atoms with E-state index in [0.717, 1.165) is 12.8 Å². The van der Waals surface area contributed by atoms with Gasteiger partial charge in [0, 0.05) is 24.6 Å². The minimum Gasteiger partial charge on any atom is -0.339 e. The molecular weight excluding hydrogens is 285 g/mol. The highest BCUT2D eigenvalue weighted by Gasteiger charge is 2.25. The van der Waals surface area contributed by atoms with Gasteiger partial charge < -0.3 is 4.90 Å². The molecule has 3 nitrogen and oxygen atoms in total. The van der Waals surface area contributed by atoms with Crippen molar-refractivity contribution in [1.29, 1.82) is 0 Å². The molecule has 0 bridgehead atoms. The number of hydrogen-bond donors (Lipinski definition) is 0. The number of nitrogens with zero attached hydrogens (tertiary/aromatic N) is 1. The molecule has 0 radical (unpaired) electrons. The third kappa shape index (κ3) is 3.28. The molecule has 1 heterocycles. The molecule has 5 heteroatoms. The first kappa shape index (κ1) is 14.4. The largest absolute Gasteiger partial charge is 0.339 e. The second kappa shape index (κ2) is 5.93. The van der Waals surface area contributed by atoms with E-state index < -0.39 is 0 Å². The maximum absolute atomic E-state index is 12.3. The van der Waals surface area contributed by atoms with Gasteiger partial charge in [0.05, 0.1) is 10.0 Å². The van der Waals surface area contributed by atoms with Gasteiger partial charge in [-0.25, -0.2) is 0 Å². The van der Waals surface area contributed by atoms with E-state index in [1.165, 1.54) is 0 Å². The zero-order valence-corrected chi connectivity index (χ0v) is 12.2. The summed E-state index contributed by atoms with van der Waals surface area (Å²) in [6.45, 7) is 2.84. The molecule has 0 aromatic heterocycles. The zero-order valence-electron chi connectivity index (χ0n) is 10.7. The van der Waals surface area contributed by atoms with Crippen LogP contribution in [0.5, 0.6) is 0 Å². The van der Waals surface area contributed by atoms with Gasteiger partial charge in [0.2, 0.25) is 0 Å². The van der Waals surface area contributed by atoms with E-state index in [9.17, 15) is 9.59 Å². The van der Waals surface area contributed by atoms with Crippen LogP contribution < -0.4 is 0 Å². The van der Waals surface area contributed by atoms with Crippen molar-refractivity contribution in [2.24, 2.45) is 5.92 Å². The normalized spacial score (nSPS) is 16.5. The van der Waals surface area contributed by atoms with Crippen molar-refractivity contribution in [2.45, 2.75) is 19.8 Å². The van der Waals surface area contributed by atoms with Gasteiger partial charge in [-0.05, 0) is 38.0 Å². The number of amides is 1. The first-order valence-corrected chi connectivity index (χ1v) is 6.99. The van der Waals surface area contributed by atoms with Crippen LogP contribution in [-0.2, 0) is 4.79 Å². The molecule has 2 rings (SSSR count). The molecule has 1 aliphatic heterocycles. The van der Waals surface area contributed by atoms with Crippen LogP contribution >= 0.6 is 23.2 Å². The average molecular weight is 300 g/mol. The fourth-order valence-electron chi connectivity index (χ4n) is 2.30. The summed E-state index contributed by atoms with van der Waals surface area (Å²) in [5.74, 6) is 0.250. The minimum absolute atomic E-state index is 0.0550. The van der Waals surface area contributed by atoms with Gasteiger partial charge in [-0.15, -0.1) is 0 Å². The first-order chi connectivity index (χ1) is 8.99. The van der Waals surface area contributed by atoms with Crippen molar-refractivity contribution < 1.29 is 9.59 Å². The molecule has 0 N–H and O–H groups in total. The van der Waals surface area contributed by atoms with Crippen LogP contribution in [0.3, 0.4) is 0 Å². The average Bonchev–Trinajstić information content (AvgIpc) is 2.41. The predicted molar refractivity (Wildman–Crippen MR) is 75.8 cm³/mol. The molecule has 102 valence electrons. The van der Waals surface area contributed by atoms with Gasteiger partial charge in [0.25, 0.3) is 5.91 Å². The number of ketones is 1. The third-order valence-corrected chi connectivity index (χ3v) is 4.26. The van der Waals surface area contributed by atoms with Gasteiger partial charge in [0.15, 0.2) is 0 Å². The maximum atomic E-state index is 12.3. The Hall–Kier alpha value is -1.06. The Balaban J connectivity index is 2.05. The molecule has 0 spiro atoms. The van der Waals surface area contributed by atoms with Crippen LogP contribution in [0.15, 0.2) is 18.2 Å². The fraction of sp³-hybridized carbons (Fsp3) is 0.429. The van der Waals surface area contributed by atoms with E-state index in [2.05, 4.69) is 0 Å². The number of carbonyl (C=O) groups is 2. The molecule has 1 fully saturated rings. The number of carbonyl (C=O) groups excluding carboxylic acids is 2. The van der Waals surface area contributed by atoms with E-state index in [0.29, 0.717) is 28.7 Å². The summed E-state index contributed by atoms with van der Waals surface area (Å²) in [4.78, 5) is 25.3. The highest BCUT2D eigenvalue weighted by Crippen LogP contribution is 2.25. The summed E-state index contributed by atoms with van der Waals surface area (Å²) in [6, 6.07) is 4.89. The molecular formula is C14H15Cl2NO2. The van der Waals surface area contributed by atoms with Crippen molar-refractivity contribution in [1.82, 2.24) is 4.90 Å². The topological polar surface area (TPSA) is 37.4 Å². The van der Waals surface area contributed by atoms with Gasteiger partial charge >= 0.3 is 0 Å². The number of rotatable bonds is 2. The molecule has 1 aromatic carbocycles. The number of Topliss-reactive ketones (excluding diaryl/α,β-unsaturated/α-hetero) is 1. The summed E-state index contributed by atoms with van der Waals surface area (Å²) in [6.07, 6.45) is 1.48. The standard InChI is InChI=1S/C14H15Cl2NO2/c1-9(18)10-4-6-17(7-5-10)14(19)11-2-3-12(15)13(16)8-11/h2-3,8,10H,4-7H2,1H3. The van der Waals surface area contributed by atoms with Crippen LogP contribution in [0, 0.1) is 5.92 Å². The Labute approximate surface area is 122 Å². The minimum atomic E-state index is -0.0550. The Bertz CT molecular complexity index is 508. The van der Waals surface area contributed by atoms with Crippen LogP contribution in [0.1, 0.15) is 30.1 Å². The van der Waals surface area contributed by atoms with Crippen molar-refractivity contribution in [3.05, 3.63) is 33.8 Å². The maximum Gasteiger partial charge on any atom is 0.253 e. The van der Waals surface area contributed by atoms with Crippen molar-refractivity contribution in [2.75, 3.05) is 13.1 Å². The highest BCUT2D eigenvalue weighted by atomic mass is 35.5. The number of benzene rings is 1. The second-order valence-corrected chi connectivity index (χ2v) is 5.62. The SMILES string of the molecule is CC(=O)C1CCN(C(=O)c2ccc(Cl)c(Cl)c2)CC1. The second-order valence-electron chi connectivity index (χ2n) is 4.81. The van der Waals surface area contributed by atoms with E-state index in [-0.39, 0.29) is 17.6 Å². The Morgan fingerprint density at radius 1 is 1.16 bits per heavy atom. The third-order valence-electron chi connectivity index (χ3n) is 3.52. The summed E-state index contributed by atoms with van der Waals surface area (Å²) in [7, 11) is 0.